The van der Waals surface area contributed by atoms with Crippen LogP contribution < -0.4 is 16.0 Å². The summed E-state index contributed by atoms with van der Waals surface area (Å²) >= 11 is 0. The second-order valence-corrected chi connectivity index (χ2v) is 8.58. The predicted octanol–water partition coefficient (Wildman–Crippen LogP) is 0.459. The third-order valence-corrected chi connectivity index (χ3v) is 4.92. The average Bonchev–Trinajstić information content (AvgIpc) is 3.51. The Morgan fingerprint density at radius 3 is 2.29 bits per heavy atom. The van der Waals surface area contributed by atoms with Crippen molar-refractivity contribution in [1.82, 2.24) is 10.6 Å². The molecule has 0 aromatic heterocycles. The fourth-order valence-electron chi connectivity index (χ4n) is 3.21. The Morgan fingerprint density at radius 2 is 1.77 bits per heavy atom. The molecule has 1 aromatic carbocycles. The van der Waals surface area contributed by atoms with Gasteiger partial charge in [-0.25, -0.2) is 0 Å². The number of rotatable bonds is 12. The number of hydrogen-bond acceptors (Lipinski definition) is 7. The molecule has 9 heteroatoms. The molecule has 9 nitrogen and oxygen atoms in total. The van der Waals surface area contributed by atoms with Crippen LogP contribution in [-0.2, 0) is 14.3 Å². The molecule has 1 fully saturated rings. The zero-order chi connectivity index (χ0) is 23.2. The van der Waals surface area contributed by atoms with Crippen molar-refractivity contribution >= 4 is 23.3 Å². The predicted molar refractivity (Wildman–Crippen MR) is 116 cm³/mol. The Morgan fingerprint density at radius 1 is 1.10 bits per heavy atom. The summed E-state index contributed by atoms with van der Waals surface area (Å²) in [5.41, 5.74) is -0.180. The van der Waals surface area contributed by atoms with Gasteiger partial charge in [0.25, 0.3) is 5.91 Å². The molecule has 5 N–H and O–H groups in total. The Kier molecular flexibility index (Phi) is 8.55. The van der Waals surface area contributed by atoms with Crippen LogP contribution in [0, 0.1) is 5.92 Å². The molecule has 2 rings (SSSR count). The van der Waals surface area contributed by atoms with Gasteiger partial charge in [0, 0.05) is 17.3 Å². The highest BCUT2D eigenvalue weighted by molar-refractivity contribution is 6.00. The lowest BCUT2D eigenvalue weighted by Crippen LogP contribution is -2.55. The fraction of sp³-hybridized carbons (Fsp3) is 0.591. The first-order valence-corrected chi connectivity index (χ1v) is 10.5. The minimum atomic E-state index is -1.27. The maximum Gasteiger partial charge on any atom is 0.252 e. The van der Waals surface area contributed by atoms with Gasteiger partial charge in [0.2, 0.25) is 5.91 Å². The van der Waals surface area contributed by atoms with Crippen molar-refractivity contribution in [3.05, 3.63) is 29.8 Å². The summed E-state index contributed by atoms with van der Waals surface area (Å²) in [4.78, 5) is 38.1. The van der Waals surface area contributed by atoms with Crippen LogP contribution in [0.25, 0.3) is 0 Å². The SMILES string of the molecule is CC(C)CC(NC(=O)C(CO)NC(=O)c1cccc(NC(C)C)c1)C(=O)C1(CO)CO1. The van der Waals surface area contributed by atoms with E-state index >= 15 is 0 Å². The van der Waals surface area contributed by atoms with E-state index in [9.17, 15) is 24.6 Å². The van der Waals surface area contributed by atoms with Crippen molar-refractivity contribution in [3.8, 4) is 0 Å². The average molecular weight is 436 g/mol. The molecule has 1 aromatic rings. The van der Waals surface area contributed by atoms with Crippen LogP contribution in [0.5, 0.6) is 0 Å². The second kappa shape index (κ2) is 10.7. The Bertz CT molecular complexity index is 791. The summed E-state index contributed by atoms with van der Waals surface area (Å²) in [6.45, 7) is 6.75. The summed E-state index contributed by atoms with van der Waals surface area (Å²) in [6.07, 6.45) is 0.338. The van der Waals surface area contributed by atoms with Gasteiger partial charge in [0.05, 0.1) is 25.9 Å². The summed E-state index contributed by atoms with van der Waals surface area (Å²) in [5.74, 6) is -1.53. The van der Waals surface area contributed by atoms with Crippen LogP contribution in [0.15, 0.2) is 24.3 Å². The smallest absolute Gasteiger partial charge is 0.252 e. The van der Waals surface area contributed by atoms with Crippen molar-refractivity contribution in [3.63, 3.8) is 0 Å². The summed E-state index contributed by atoms with van der Waals surface area (Å²) < 4.78 is 5.12. The molecule has 1 aliphatic heterocycles. The van der Waals surface area contributed by atoms with E-state index in [0.29, 0.717) is 12.0 Å². The van der Waals surface area contributed by atoms with E-state index in [0.717, 1.165) is 5.69 Å². The minimum absolute atomic E-state index is 0.0853. The number of ether oxygens (including phenoxy) is 1. The van der Waals surface area contributed by atoms with Gasteiger partial charge in [0.15, 0.2) is 11.4 Å². The Balaban J connectivity index is 2.07. The van der Waals surface area contributed by atoms with E-state index in [1.54, 1.807) is 18.2 Å². The number of hydrogen-bond donors (Lipinski definition) is 5. The normalized spacial score (nSPS) is 19.6. The van der Waals surface area contributed by atoms with Gasteiger partial charge in [-0.1, -0.05) is 19.9 Å². The highest BCUT2D eigenvalue weighted by Gasteiger charge is 2.54. The zero-order valence-corrected chi connectivity index (χ0v) is 18.5. The lowest BCUT2D eigenvalue weighted by molar-refractivity contribution is -0.133. The molecule has 1 heterocycles. The van der Waals surface area contributed by atoms with Crippen molar-refractivity contribution in [1.29, 1.82) is 0 Å². The van der Waals surface area contributed by atoms with E-state index in [-0.39, 0.29) is 18.6 Å². The number of benzene rings is 1. The first-order valence-electron chi connectivity index (χ1n) is 10.5. The molecule has 172 valence electrons. The van der Waals surface area contributed by atoms with Crippen LogP contribution >= 0.6 is 0 Å². The summed E-state index contributed by atoms with van der Waals surface area (Å²) in [6, 6.07) is 4.85. The number of anilines is 1. The number of carbonyl (C=O) groups excluding carboxylic acids is 3. The topological polar surface area (TPSA) is 140 Å². The van der Waals surface area contributed by atoms with Gasteiger partial charge in [-0.2, -0.15) is 0 Å². The standard InChI is InChI=1S/C22H33N3O6/c1-13(2)8-17(19(28)22(11-27)12-31-22)24-21(30)18(10-26)25-20(29)15-6-5-7-16(9-15)23-14(3)4/h5-7,9,13-14,17-18,23,26-27H,8,10-12H2,1-4H3,(H,24,30)(H,25,29). The Labute approximate surface area is 182 Å². The number of Topliss-reactive ketones (excluding diaryl/α,β-unsaturated/α-hetero) is 1. The van der Waals surface area contributed by atoms with Gasteiger partial charge >= 0.3 is 0 Å². The number of epoxide rings is 1. The number of amides is 2. The van der Waals surface area contributed by atoms with Gasteiger partial charge in [-0.15, -0.1) is 0 Å². The first kappa shape index (κ1) is 24.8. The van der Waals surface area contributed by atoms with Crippen molar-refractivity contribution < 1.29 is 29.3 Å². The zero-order valence-electron chi connectivity index (χ0n) is 18.5. The molecule has 1 aliphatic rings. The molecule has 2 amide bonds. The number of aliphatic hydroxyl groups is 2. The largest absolute Gasteiger partial charge is 0.394 e. The van der Waals surface area contributed by atoms with Crippen molar-refractivity contribution in [2.45, 2.75) is 57.8 Å². The van der Waals surface area contributed by atoms with Gasteiger partial charge < -0.3 is 30.9 Å². The lowest BCUT2D eigenvalue weighted by Gasteiger charge is -2.24. The molecule has 0 saturated carbocycles. The van der Waals surface area contributed by atoms with E-state index in [1.165, 1.54) is 0 Å². The van der Waals surface area contributed by atoms with E-state index in [4.69, 9.17) is 4.74 Å². The molecule has 3 unspecified atom stereocenters. The van der Waals surface area contributed by atoms with E-state index in [2.05, 4.69) is 16.0 Å². The monoisotopic (exact) mass is 435 g/mol. The molecule has 0 radical (unpaired) electrons. The summed E-state index contributed by atoms with van der Waals surface area (Å²) in [5, 5.41) is 27.5. The lowest BCUT2D eigenvalue weighted by atomic mass is 9.92. The van der Waals surface area contributed by atoms with Crippen LogP contribution in [0.2, 0.25) is 0 Å². The van der Waals surface area contributed by atoms with Crippen molar-refractivity contribution in [2.24, 2.45) is 5.92 Å². The number of ketones is 1. The van der Waals surface area contributed by atoms with Crippen LogP contribution in [0.1, 0.15) is 44.5 Å². The van der Waals surface area contributed by atoms with Gasteiger partial charge in [-0.3, -0.25) is 14.4 Å². The third kappa shape index (κ3) is 6.75. The highest BCUT2D eigenvalue weighted by atomic mass is 16.6. The number of aliphatic hydroxyl groups excluding tert-OH is 2. The quantitative estimate of drug-likeness (QED) is 0.300. The van der Waals surface area contributed by atoms with E-state index < -0.39 is 48.5 Å². The summed E-state index contributed by atoms with van der Waals surface area (Å²) in [7, 11) is 0. The van der Waals surface area contributed by atoms with Crippen LogP contribution in [0.3, 0.4) is 0 Å². The highest BCUT2D eigenvalue weighted by Crippen LogP contribution is 2.30. The van der Waals surface area contributed by atoms with Gasteiger partial charge in [0.1, 0.15) is 6.04 Å². The third-order valence-electron chi connectivity index (χ3n) is 4.92. The molecular weight excluding hydrogens is 402 g/mol. The van der Waals surface area contributed by atoms with Crippen molar-refractivity contribution in [2.75, 3.05) is 25.1 Å². The Hall–Kier alpha value is -2.49. The minimum Gasteiger partial charge on any atom is -0.394 e. The molecule has 31 heavy (non-hydrogen) atoms. The molecule has 0 spiro atoms. The fourth-order valence-corrected chi connectivity index (χ4v) is 3.21. The molecule has 0 aliphatic carbocycles. The first-order chi connectivity index (χ1) is 14.6. The van der Waals surface area contributed by atoms with Crippen LogP contribution in [0.4, 0.5) is 5.69 Å². The number of carbonyl (C=O) groups is 3. The molecule has 0 bridgehead atoms. The number of nitrogens with one attached hydrogen (secondary N) is 3. The maximum absolute atomic E-state index is 12.8. The van der Waals surface area contributed by atoms with Gasteiger partial charge in [-0.05, 0) is 44.4 Å². The molecular formula is C22H33N3O6. The maximum atomic E-state index is 12.8. The van der Waals surface area contributed by atoms with Crippen LogP contribution in [-0.4, -0.2) is 71.4 Å². The van der Waals surface area contributed by atoms with E-state index in [1.807, 2.05) is 33.8 Å². The molecule has 1 saturated heterocycles. The molecule has 3 atom stereocenters. The second-order valence-electron chi connectivity index (χ2n) is 8.58.